The van der Waals surface area contributed by atoms with E-state index in [0.717, 1.165) is 17.5 Å². The van der Waals surface area contributed by atoms with Crippen LogP contribution in [0, 0.1) is 0 Å². The Morgan fingerprint density at radius 2 is 1.42 bits per heavy atom. The summed E-state index contributed by atoms with van der Waals surface area (Å²) in [6.07, 6.45) is 0.995. The minimum Gasteiger partial charge on any atom is -0.478 e. The number of carbonyl (C=O) groups excluding carboxylic acids is 1. The van der Waals surface area contributed by atoms with Crippen LogP contribution in [-0.4, -0.2) is 17.0 Å². The van der Waals surface area contributed by atoms with E-state index in [1.54, 1.807) is 18.2 Å². The van der Waals surface area contributed by atoms with Gasteiger partial charge in [0.25, 0.3) is 0 Å². The maximum absolute atomic E-state index is 12.3. The monoisotopic (exact) mass is 345 g/mol. The van der Waals surface area contributed by atoms with E-state index < -0.39 is 5.97 Å². The van der Waals surface area contributed by atoms with E-state index in [1.807, 2.05) is 42.5 Å². The molecule has 3 aromatic rings. The van der Waals surface area contributed by atoms with E-state index in [-0.39, 0.29) is 17.9 Å². The number of para-hydroxylation sites is 1. The van der Waals surface area contributed by atoms with Crippen molar-refractivity contribution in [2.45, 2.75) is 12.8 Å². The van der Waals surface area contributed by atoms with Crippen molar-refractivity contribution in [3.8, 4) is 0 Å². The van der Waals surface area contributed by atoms with Crippen LogP contribution >= 0.6 is 0 Å². The molecule has 0 aliphatic heterocycles. The lowest BCUT2D eigenvalue weighted by Crippen LogP contribution is -2.16. The highest BCUT2D eigenvalue weighted by molar-refractivity contribution is 6.00. The Hall–Kier alpha value is -3.40. The summed E-state index contributed by atoms with van der Waals surface area (Å²) in [5, 5.41) is 11.9. The van der Waals surface area contributed by atoms with Crippen molar-refractivity contribution in [2.24, 2.45) is 0 Å². The number of carboxylic acid groups (broad SMARTS) is 1. The first-order chi connectivity index (χ1) is 12.6. The van der Waals surface area contributed by atoms with E-state index in [2.05, 4.69) is 17.4 Å². The maximum atomic E-state index is 12.3. The van der Waals surface area contributed by atoms with Gasteiger partial charge in [0.1, 0.15) is 0 Å². The lowest BCUT2D eigenvalue weighted by atomic mass is 10.0. The van der Waals surface area contributed by atoms with Gasteiger partial charge >= 0.3 is 5.97 Å². The van der Waals surface area contributed by atoms with Crippen LogP contribution in [0.15, 0.2) is 78.9 Å². The fraction of sp³-hybridized carbons (Fsp3) is 0.0909. The highest BCUT2D eigenvalue weighted by atomic mass is 16.4. The molecule has 3 rings (SSSR count). The lowest BCUT2D eigenvalue weighted by molar-refractivity contribution is -0.115. The summed E-state index contributed by atoms with van der Waals surface area (Å²) in [7, 11) is 0. The Morgan fingerprint density at radius 3 is 2.19 bits per heavy atom. The number of carbonyl (C=O) groups is 2. The molecule has 0 bridgehead atoms. The van der Waals surface area contributed by atoms with Gasteiger partial charge in [0.2, 0.25) is 5.91 Å². The van der Waals surface area contributed by atoms with Crippen LogP contribution < -0.4 is 5.32 Å². The minimum absolute atomic E-state index is 0.0821. The molecule has 0 radical (unpaired) electrons. The molecule has 0 aromatic heterocycles. The van der Waals surface area contributed by atoms with E-state index in [1.165, 1.54) is 11.6 Å². The van der Waals surface area contributed by atoms with Gasteiger partial charge in [-0.15, -0.1) is 0 Å². The maximum Gasteiger partial charge on any atom is 0.337 e. The van der Waals surface area contributed by atoms with Crippen molar-refractivity contribution in [3.63, 3.8) is 0 Å². The fourth-order valence-electron chi connectivity index (χ4n) is 2.84. The third-order valence-electron chi connectivity index (χ3n) is 4.04. The van der Waals surface area contributed by atoms with Gasteiger partial charge in [-0.25, -0.2) is 4.79 Å². The van der Waals surface area contributed by atoms with Gasteiger partial charge in [-0.1, -0.05) is 66.7 Å². The number of nitrogens with one attached hydrogen (secondary N) is 1. The second kappa shape index (κ2) is 8.12. The number of anilines is 1. The normalized spacial score (nSPS) is 10.3. The average molecular weight is 345 g/mol. The van der Waals surface area contributed by atoms with E-state index >= 15 is 0 Å². The zero-order valence-electron chi connectivity index (χ0n) is 14.2. The quantitative estimate of drug-likeness (QED) is 0.705. The predicted molar refractivity (Wildman–Crippen MR) is 101 cm³/mol. The highest BCUT2D eigenvalue weighted by Crippen LogP contribution is 2.16. The summed E-state index contributed by atoms with van der Waals surface area (Å²) in [4.78, 5) is 23.6. The van der Waals surface area contributed by atoms with E-state index in [9.17, 15) is 14.7 Å². The second-order valence-electron chi connectivity index (χ2n) is 6.06. The Kier molecular flexibility index (Phi) is 5.44. The molecular formula is C22H19NO3. The third kappa shape index (κ3) is 4.57. The smallest absolute Gasteiger partial charge is 0.337 e. The number of amides is 1. The molecule has 3 aromatic carbocycles. The third-order valence-corrected chi connectivity index (χ3v) is 4.04. The Bertz CT molecular complexity index is 919. The average Bonchev–Trinajstić information content (AvgIpc) is 2.63. The van der Waals surface area contributed by atoms with Crippen LogP contribution in [0.3, 0.4) is 0 Å². The van der Waals surface area contributed by atoms with Crippen LogP contribution in [0.2, 0.25) is 0 Å². The van der Waals surface area contributed by atoms with Gasteiger partial charge in [-0.2, -0.15) is 0 Å². The van der Waals surface area contributed by atoms with Crippen molar-refractivity contribution in [1.29, 1.82) is 0 Å². The molecule has 0 fully saturated rings. The first-order valence-corrected chi connectivity index (χ1v) is 8.36. The molecule has 0 atom stereocenters. The lowest BCUT2D eigenvalue weighted by Gasteiger charge is -2.09. The van der Waals surface area contributed by atoms with Crippen LogP contribution in [0.1, 0.15) is 27.0 Å². The molecule has 0 spiro atoms. The Morgan fingerprint density at radius 1 is 0.769 bits per heavy atom. The molecular weight excluding hydrogens is 326 g/mol. The zero-order valence-corrected chi connectivity index (χ0v) is 14.2. The van der Waals surface area contributed by atoms with Crippen molar-refractivity contribution in [1.82, 2.24) is 0 Å². The molecule has 4 heteroatoms. The number of carboxylic acids is 1. The molecule has 0 unspecified atom stereocenters. The number of rotatable bonds is 6. The standard InChI is InChI=1S/C22H19NO3/c24-21(23-20-12-5-4-11-19(20)22(25)26)15-18-10-6-9-17(14-18)13-16-7-2-1-3-8-16/h1-12,14H,13,15H2,(H,23,24)(H,25,26). The van der Waals surface area contributed by atoms with Crippen molar-refractivity contribution >= 4 is 17.6 Å². The topological polar surface area (TPSA) is 66.4 Å². The van der Waals surface area contributed by atoms with Crippen LogP contribution in [-0.2, 0) is 17.6 Å². The minimum atomic E-state index is -1.06. The predicted octanol–water partition coefficient (Wildman–Crippen LogP) is 4.16. The molecule has 0 heterocycles. The van der Waals surface area contributed by atoms with Gasteiger partial charge < -0.3 is 10.4 Å². The van der Waals surface area contributed by atoms with Gasteiger partial charge in [0.05, 0.1) is 17.7 Å². The molecule has 130 valence electrons. The largest absolute Gasteiger partial charge is 0.478 e. The molecule has 0 aliphatic rings. The molecule has 2 N–H and O–H groups in total. The van der Waals surface area contributed by atoms with Crippen LogP contribution in [0.4, 0.5) is 5.69 Å². The van der Waals surface area contributed by atoms with Crippen molar-refractivity contribution < 1.29 is 14.7 Å². The van der Waals surface area contributed by atoms with Gasteiger partial charge in [-0.3, -0.25) is 4.79 Å². The molecule has 26 heavy (non-hydrogen) atoms. The second-order valence-corrected chi connectivity index (χ2v) is 6.06. The molecule has 0 saturated carbocycles. The summed E-state index contributed by atoms with van der Waals surface area (Å²) in [5.41, 5.74) is 3.63. The van der Waals surface area contributed by atoms with Crippen molar-refractivity contribution in [3.05, 3.63) is 101 Å². The van der Waals surface area contributed by atoms with Gasteiger partial charge in [0, 0.05) is 0 Å². The van der Waals surface area contributed by atoms with Crippen LogP contribution in [0.25, 0.3) is 0 Å². The molecule has 0 saturated heterocycles. The van der Waals surface area contributed by atoms with E-state index in [4.69, 9.17) is 0 Å². The number of hydrogen-bond donors (Lipinski definition) is 2. The van der Waals surface area contributed by atoms with Crippen LogP contribution in [0.5, 0.6) is 0 Å². The molecule has 0 aliphatic carbocycles. The summed E-state index contributed by atoms with van der Waals surface area (Å²) in [5.74, 6) is -1.30. The summed E-state index contributed by atoms with van der Waals surface area (Å²) >= 11 is 0. The fourth-order valence-corrected chi connectivity index (χ4v) is 2.84. The molecule has 1 amide bonds. The molecule has 4 nitrogen and oxygen atoms in total. The van der Waals surface area contributed by atoms with Gasteiger partial charge in [-0.05, 0) is 35.2 Å². The highest BCUT2D eigenvalue weighted by Gasteiger charge is 2.12. The first-order valence-electron chi connectivity index (χ1n) is 8.36. The van der Waals surface area contributed by atoms with E-state index in [0.29, 0.717) is 5.69 Å². The zero-order chi connectivity index (χ0) is 18.4. The Balaban J connectivity index is 1.68. The Labute approximate surface area is 152 Å². The first kappa shape index (κ1) is 17.4. The summed E-state index contributed by atoms with van der Waals surface area (Å²) < 4.78 is 0. The SMILES string of the molecule is O=C(Cc1cccc(Cc2ccccc2)c1)Nc1ccccc1C(=O)O. The van der Waals surface area contributed by atoms with Crippen molar-refractivity contribution in [2.75, 3.05) is 5.32 Å². The number of benzene rings is 3. The number of hydrogen-bond acceptors (Lipinski definition) is 2. The number of aromatic carboxylic acids is 1. The summed E-state index contributed by atoms with van der Waals surface area (Å²) in [6, 6.07) is 24.4. The van der Waals surface area contributed by atoms with Gasteiger partial charge in [0.15, 0.2) is 0 Å². The summed E-state index contributed by atoms with van der Waals surface area (Å²) in [6.45, 7) is 0.